The molecular weight excluding hydrogens is 248 g/mol. The minimum atomic E-state index is -0.0274. The van der Waals surface area contributed by atoms with E-state index in [-0.39, 0.29) is 17.9 Å². The Balaban J connectivity index is 1.95. The van der Waals surface area contributed by atoms with Gasteiger partial charge in [0.15, 0.2) is 0 Å². The number of hydrogen-bond donors (Lipinski definition) is 2. The van der Waals surface area contributed by atoms with Crippen molar-refractivity contribution in [1.29, 1.82) is 0 Å². The molecule has 2 rings (SSSR count). The second-order valence-electron chi connectivity index (χ2n) is 5.76. The van der Waals surface area contributed by atoms with Crippen molar-refractivity contribution in [1.82, 2.24) is 10.6 Å². The largest absolute Gasteiger partial charge is 0.353 e. The number of carbonyl (C=O) groups excluding carboxylic acids is 1. The fourth-order valence-corrected chi connectivity index (χ4v) is 3.04. The lowest BCUT2D eigenvalue weighted by Crippen LogP contribution is -2.44. The summed E-state index contributed by atoms with van der Waals surface area (Å²) in [6, 6.07) is 10.4. The van der Waals surface area contributed by atoms with Gasteiger partial charge in [-0.15, -0.1) is 0 Å². The molecule has 1 fully saturated rings. The summed E-state index contributed by atoms with van der Waals surface area (Å²) in [7, 11) is 0. The van der Waals surface area contributed by atoms with Crippen molar-refractivity contribution in [2.45, 2.75) is 45.1 Å². The van der Waals surface area contributed by atoms with Crippen LogP contribution >= 0.6 is 0 Å². The summed E-state index contributed by atoms with van der Waals surface area (Å²) in [6.45, 7) is 6.36. The molecule has 2 atom stereocenters. The lowest BCUT2D eigenvalue weighted by Gasteiger charge is -2.30. The van der Waals surface area contributed by atoms with E-state index in [1.54, 1.807) is 0 Å². The standard InChI is InChI=1S/C17H26N2O/c1-3-16(15-7-5-4-6-8-15)17(20)19-13(2)14-9-11-18-12-10-14/h4-8,13-14,16,18H,3,9-12H2,1-2H3,(H,19,20). The van der Waals surface area contributed by atoms with Crippen LogP contribution in [0.1, 0.15) is 44.6 Å². The van der Waals surface area contributed by atoms with Crippen molar-refractivity contribution in [2.24, 2.45) is 5.92 Å². The number of piperidine rings is 1. The van der Waals surface area contributed by atoms with Crippen LogP contribution in [-0.2, 0) is 4.79 Å². The summed E-state index contributed by atoms with van der Waals surface area (Å²) >= 11 is 0. The Morgan fingerprint density at radius 3 is 2.55 bits per heavy atom. The van der Waals surface area contributed by atoms with Gasteiger partial charge >= 0.3 is 0 Å². The van der Waals surface area contributed by atoms with Crippen LogP contribution in [0, 0.1) is 5.92 Å². The molecule has 1 heterocycles. The molecule has 2 unspecified atom stereocenters. The molecule has 0 aliphatic carbocycles. The Bertz CT molecular complexity index is 412. The molecule has 110 valence electrons. The molecule has 0 spiro atoms. The first-order valence-corrected chi connectivity index (χ1v) is 7.78. The SMILES string of the molecule is CCC(C(=O)NC(C)C1CCNCC1)c1ccccc1. The maximum Gasteiger partial charge on any atom is 0.227 e. The predicted molar refractivity (Wildman–Crippen MR) is 82.7 cm³/mol. The van der Waals surface area contributed by atoms with Gasteiger partial charge in [-0.05, 0) is 50.8 Å². The summed E-state index contributed by atoms with van der Waals surface area (Å²) < 4.78 is 0. The molecule has 1 aromatic carbocycles. The van der Waals surface area contributed by atoms with Crippen LogP contribution in [0.4, 0.5) is 0 Å². The second kappa shape index (κ2) is 7.44. The fourth-order valence-electron chi connectivity index (χ4n) is 3.04. The van der Waals surface area contributed by atoms with Gasteiger partial charge in [-0.25, -0.2) is 0 Å². The van der Waals surface area contributed by atoms with Crippen LogP contribution in [0.25, 0.3) is 0 Å². The van der Waals surface area contributed by atoms with Crippen LogP contribution in [0.5, 0.6) is 0 Å². The third-order valence-electron chi connectivity index (χ3n) is 4.39. The molecule has 1 aliphatic rings. The van der Waals surface area contributed by atoms with Crippen LogP contribution in [0.3, 0.4) is 0 Å². The third-order valence-corrected chi connectivity index (χ3v) is 4.39. The highest BCUT2D eigenvalue weighted by Gasteiger charge is 2.24. The van der Waals surface area contributed by atoms with E-state index < -0.39 is 0 Å². The average molecular weight is 274 g/mol. The van der Waals surface area contributed by atoms with Crippen LogP contribution in [0.15, 0.2) is 30.3 Å². The number of hydrogen-bond acceptors (Lipinski definition) is 2. The van der Waals surface area contributed by atoms with Gasteiger partial charge in [-0.3, -0.25) is 4.79 Å². The molecule has 20 heavy (non-hydrogen) atoms. The van der Waals surface area contributed by atoms with E-state index in [0.717, 1.165) is 37.9 Å². The van der Waals surface area contributed by atoms with Crippen LogP contribution in [-0.4, -0.2) is 25.0 Å². The van der Waals surface area contributed by atoms with E-state index in [1.165, 1.54) is 0 Å². The zero-order chi connectivity index (χ0) is 14.4. The van der Waals surface area contributed by atoms with Gasteiger partial charge in [0.1, 0.15) is 0 Å². The van der Waals surface area contributed by atoms with Crippen LogP contribution < -0.4 is 10.6 Å². The van der Waals surface area contributed by atoms with Gasteiger partial charge in [0.25, 0.3) is 0 Å². The molecule has 3 nitrogen and oxygen atoms in total. The summed E-state index contributed by atoms with van der Waals surface area (Å²) in [6.07, 6.45) is 3.15. The maximum atomic E-state index is 12.5. The van der Waals surface area contributed by atoms with Crippen molar-refractivity contribution in [2.75, 3.05) is 13.1 Å². The predicted octanol–water partition coefficient (Wildman–Crippen LogP) is 2.68. The van der Waals surface area contributed by atoms with E-state index in [1.807, 2.05) is 30.3 Å². The minimum Gasteiger partial charge on any atom is -0.353 e. The molecule has 1 saturated heterocycles. The summed E-state index contributed by atoms with van der Waals surface area (Å²) in [5.74, 6) is 0.749. The maximum absolute atomic E-state index is 12.5. The first-order chi connectivity index (χ1) is 9.72. The summed E-state index contributed by atoms with van der Waals surface area (Å²) in [4.78, 5) is 12.5. The highest BCUT2D eigenvalue weighted by Crippen LogP contribution is 2.21. The minimum absolute atomic E-state index is 0.0274. The van der Waals surface area contributed by atoms with Crippen molar-refractivity contribution in [3.05, 3.63) is 35.9 Å². The highest BCUT2D eigenvalue weighted by molar-refractivity contribution is 5.83. The van der Waals surface area contributed by atoms with E-state index in [4.69, 9.17) is 0 Å². The molecule has 0 saturated carbocycles. The lowest BCUT2D eigenvalue weighted by molar-refractivity contribution is -0.123. The third kappa shape index (κ3) is 3.83. The zero-order valence-electron chi connectivity index (χ0n) is 12.6. The lowest BCUT2D eigenvalue weighted by atomic mass is 9.90. The quantitative estimate of drug-likeness (QED) is 0.867. The Kier molecular flexibility index (Phi) is 5.60. The molecule has 0 bridgehead atoms. The number of rotatable bonds is 5. The summed E-state index contributed by atoms with van der Waals surface area (Å²) in [5, 5.41) is 6.60. The topological polar surface area (TPSA) is 41.1 Å². The molecular formula is C17H26N2O. The second-order valence-corrected chi connectivity index (χ2v) is 5.76. The van der Waals surface area contributed by atoms with Crippen molar-refractivity contribution < 1.29 is 4.79 Å². The molecule has 1 aromatic rings. The molecule has 0 aromatic heterocycles. The summed E-state index contributed by atoms with van der Waals surface area (Å²) in [5.41, 5.74) is 1.12. The van der Waals surface area contributed by atoms with Gasteiger partial charge in [-0.2, -0.15) is 0 Å². The highest BCUT2D eigenvalue weighted by atomic mass is 16.1. The van der Waals surface area contributed by atoms with Gasteiger partial charge in [0.05, 0.1) is 5.92 Å². The number of amides is 1. The van der Waals surface area contributed by atoms with Gasteiger partial charge < -0.3 is 10.6 Å². The smallest absolute Gasteiger partial charge is 0.227 e. The molecule has 3 heteroatoms. The molecule has 1 amide bonds. The number of nitrogens with one attached hydrogen (secondary N) is 2. The van der Waals surface area contributed by atoms with E-state index in [9.17, 15) is 4.79 Å². The van der Waals surface area contributed by atoms with E-state index in [0.29, 0.717) is 5.92 Å². The molecule has 0 radical (unpaired) electrons. The van der Waals surface area contributed by atoms with Crippen LogP contribution in [0.2, 0.25) is 0 Å². The van der Waals surface area contributed by atoms with Gasteiger partial charge in [-0.1, -0.05) is 37.3 Å². The van der Waals surface area contributed by atoms with Crippen molar-refractivity contribution in [3.63, 3.8) is 0 Å². The normalized spacial score (nSPS) is 19.3. The van der Waals surface area contributed by atoms with E-state index in [2.05, 4.69) is 24.5 Å². The Morgan fingerprint density at radius 2 is 1.95 bits per heavy atom. The Hall–Kier alpha value is -1.35. The monoisotopic (exact) mass is 274 g/mol. The fraction of sp³-hybridized carbons (Fsp3) is 0.588. The van der Waals surface area contributed by atoms with Crippen molar-refractivity contribution in [3.8, 4) is 0 Å². The number of benzene rings is 1. The Morgan fingerprint density at radius 1 is 1.30 bits per heavy atom. The van der Waals surface area contributed by atoms with Gasteiger partial charge in [0, 0.05) is 6.04 Å². The first-order valence-electron chi connectivity index (χ1n) is 7.78. The zero-order valence-corrected chi connectivity index (χ0v) is 12.6. The first kappa shape index (κ1) is 15.0. The number of carbonyl (C=O) groups is 1. The van der Waals surface area contributed by atoms with E-state index >= 15 is 0 Å². The molecule has 2 N–H and O–H groups in total. The van der Waals surface area contributed by atoms with Crippen molar-refractivity contribution >= 4 is 5.91 Å². The Labute approximate surface area is 122 Å². The molecule has 1 aliphatic heterocycles. The average Bonchev–Trinajstić information content (AvgIpc) is 2.50. The van der Waals surface area contributed by atoms with Gasteiger partial charge in [0.2, 0.25) is 5.91 Å².